The van der Waals surface area contributed by atoms with Crippen LogP contribution >= 0.6 is 0 Å². The normalized spacial score (nSPS) is 15.3. The fourth-order valence-electron chi connectivity index (χ4n) is 8.63. The van der Waals surface area contributed by atoms with E-state index in [4.69, 9.17) is 14.4 Å². The second kappa shape index (κ2) is 11.0. The summed E-state index contributed by atoms with van der Waals surface area (Å²) in [4.78, 5) is 14.8. The third-order valence-electron chi connectivity index (χ3n) is 10.8. The lowest BCUT2D eigenvalue weighted by Crippen LogP contribution is -2.30. The lowest BCUT2D eigenvalue weighted by molar-refractivity contribution is 0.668. The van der Waals surface area contributed by atoms with Gasteiger partial charge in [0.1, 0.15) is 11.2 Å². The molecular formula is C48H29N3O. The maximum Gasteiger partial charge on any atom is 0.160 e. The highest BCUT2D eigenvalue weighted by atomic mass is 16.3. The number of aromatic nitrogens is 3. The van der Waals surface area contributed by atoms with E-state index in [0.717, 1.165) is 55.6 Å². The molecule has 0 aliphatic heterocycles. The van der Waals surface area contributed by atoms with E-state index in [-0.39, 0.29) is 0 Å². The number of pyridine rings is 1. The minimum Gasteiger partial charge on any atom is -0.456 e. The second-order valence-corrected chi connectivity index (χ2v) is 13.5. The zero-order valence-corrected chi connectivity index (χ0v) is 28.0. The summed E-state index contributed by atoms with van der Waals surface area (Å²) in [6, 6.07) is 53.7. The minimum absolute atomic E-state index is 0.618. The Bertz CT molecular complexity index is 2850. The summed E-state index contributed by atoms with van der Waals surface area (Å²) in [5.41, 5.74) is 15.6. The molecule has 4 heteroatoms. The van der Waals surface area contributed by atoms with Crippen LogP contribution in [-0.4, -0.2) is 15.0 Å². The number of benzene rings is 6. The number of hydrogen-bond donors (Lipinski definition) is 0. The Hall–Kier alpha value is -6.91. The van der Waals surface area contributed by atoms with Crippen LogP contribution in [0.5, 0.6) is 0 Å². The molecular weight excluding hydrogens is 635 g/mol. The maximum atomic E-state index is 6.47. The van der Waals surface area contributed by atoms with Crippen molar-refractivity contribution in [3.05, 3.63) is 197 Å². The van der Waals surface area contributed by atoms with Gasteiger partial charge >= 0.3 is 0 Å². The quantitative estimate of drug-likeness (QED) is 0.189. The highest BCUT2D eigenvalue weighted by Gasteiger charge is 2.49. The zero-order chi connectivity index (χ0) is 34.2. The average molecular weight is 664 g/mol. The molecule has 2 aliphatic carbocycles. The van der Waals surface area contributed by atoms with Crippen LogP contribution in [0.15, 0.2) is 168 Å². The van der Waals surface area contributed by atoms with Gasteiger partial charge in [0.05, 0.1) is 16.8 Å². The summed E-state index contributed by atoms with van der Waals surface area (Å²) in [5, 5.41) is 2.29. The van der Waals surface area contributed by atoms with Gasteiger partial charge in [0.25, 0.3) is 0 Å². The zero-order valence-electron chi connectivity index (χ0n) is 28.0. The molecule has 3 heterocycles. The standard InChI is InChI=1S/C48H29N3O/c1-2-12-32(13-3-1)41-28-42(34-14-10-26-49-29-34)51-47(50-41)33-23-22-31-21-20-30-11-4-7-17-37(30)48(40(31)27-33)38-18-8-5-15-35(38)45-39(48)24-25-44-46(45)36-16-6-9-19-43(36)52-44/h1-29H. The first-order valence-electron chi connectivity index (χ1n) is 17.6. The molecule has 11 rings (SSSR count). The summed E-state index contributed by atoms with van der Waals surface area (Å²) in [5.74, 6) is 0.669. The topological polar surface area (TPSA) is 51.8 Å². The molecule has 0 amide bonds. The Morgan fingerprint density at radius 2 is 1.21 bits per heavy atom. The van der Waals surface area contributed by atoms with Crippen LogP contribution < -0.4 is 0 Å². The second-order valence-electron chi connectivity index (χ2n) is 13.5. The van der Waals surface area contributed by atoms with Crippen molar-refractivity contribution in [2.75, 3.05) is 0 Å². The largest absolute Gasteiger partial charge is 0.456 e. The molecule has 0 saturated carbocycles. The van der Waals surface area contributed by atoms with Gasteiger partial charge in [-0.3, -0.25) is 4.98 Å². The van der Waals surface area contributed by atoms with Crippen LogP contribution in [0.2, 0.25) is 0 Å². The Labute approximate surface area is 300 Å². The molecule has 0 N–H and O–H groups in total. The molecule has 242 valence electrons. The van der Waals surface area contributed by atoms with Gasteiger partial charge in [-0.25, -0.2) is 9.97 Å². The van der Waals surface area contributed by atoms with Crippen molar-refractivity contribution in [3.63, 3.8) is 0 Å². The van der Waals surface area contributed by atoms with E-state index in [2.05, 4.69) is 132 Å². The van der Waals surface area contributed by atoms with Gasteiger partial charge in [-0.1, -0.05) is 127 Å². The smallest absolute Gasteiger partial charge is 0.160 e. The average Bonchev–Trinajstić information content (AvgIpc) is 3.69. The van der Waals surface area contributed by atoms with Crippen molar-refractivity contribution in [3.8, 4) is 45.0 Å². The van der Waals surface area contributed by atoms with Crippen molar-refractivity contribution in [1.29, 1.82) is 0 Å². The highest BCUT2D eigenvalue weighted by molar-refractivity contribution is 6.15. The van der Waals surface area contributed by atoms with Crippen molar-refractivity contribution in [2.45, 2.75) is 5.41 Å². The van der Waals surface area contributed by atoms with Gasteiger partial charge in [-0.15, -0.1) is 0 Å². The predicted molar refractivity (Wildman–Crippen MR) is 210 cm³/mol. The summed E-state index contributed by atoms with van der Waals surface area (Å²) in [7, 11) is 0. The van der Waals surface area contributed by atoms with E-state index in [9.17, 15) is 0 Å². The van der Waals surface area contributed by atoms with E-state index < -0.39 is 5.41 Å². The molecule has 3 aromatic heterocycles. The number of para-hydroxylation sites is 1. The molecule has 6 aromatic carbocycles. The lowest BCUT2D eigenvalue weighted by Gasteiger charge is -2.35. The van der Waals surface area contributed by atoms with Gasteiger partial charge < -0.3 is 4.42 Å². The van der Waals surface area contributed by atoms with Gasteiger partial charge in [0, 0.05) is 39.9 Å². The molecule has 0 bridgehead atoms. The van der Waals surface area contributed by atoms with E-state index >= 15 is 0 Å². The Balaban J connectivity index is 1.24. The van der Waals surface area contributed by atoms with Crippen molar-refractivity contribution < 1.29 is 4.42 Å². The summed E-state index contributed by atoms with van der Waals surface area (Å²) in [6.07, 6.45) is 8.18. The summed E-state index contributed by atoms with van der Waals surface area (Å²) in [6.45, 7) is 0. The highest BCUT2D eigenvalue weighted by Crippen LogP contribution is 2.60. The van der Waals surface area contributed by atoms with Crippen LogP contribution in [-0.2, 0) is 5.41 Å². The number of fused-ring (bicyclic) bond motifs is 13. The molecule has 52 heavy (non-hydrogen) atoms. The van der Waals surface area contributed by atoms with Crippen LogP contribution in [0.4, 0.5) is 0 Å². The molecule has 1 spiro atoms. The van der Waals surface area contributed by atoms with E-state index in [0.29, 0.717) is 5.82 Å². The van der Waals surface area contributed by atoms with Crippen molar-refractivity contribution in [2.24, 2.45) is 0 Å². The van der Waals surface area contributed by atoms with Gasteiger partial charge in [-0.2, -0.15) is 0 Å². The van der Waals surface area contributed by atoms with E-state index in [1.54, 1.807) is 6.20 Å². The maximum absolute atomic E-state index is 6.47. The predicted octanol–water partition coefficient (Wildman–Crippen LogP) is 11.6. The SMILES string of the molecule is C1=Cc2ccc(-c3nc(-c4ccccc4)cc(-c4cccnc4)n3)cc2C2(c3ccccc31)c1ccccc1-c1c2ccc2oc3ccccc3c12. The Kier molecular flexibility index (Phi) is 6.13. The number of hydrogen-bond acceptors (Lipinski definition) is 4. The van der Waals surface area contributed by atoms with Gasteiger partial charge in [-0.05, 0) is 80.9 Å². The first-order valence-corrected chi connectivity index (χ1v) is 17.6. The summed E-state index contributed by atoms with van der Waals surface area (Å²) < 4.78 is 6.47. The Morgan fingerprint density at radius 1 is 0.481 bits per heavy atom. The molecule has 0 saturated heterocycles. The van der Waals surface area contributed by atoms with Gasteiger partial charge in [0.15, 0.2) is 5.82 Å². The van der Waals surface area contributed by atoms with Crippen LogP contribution in [0.25, 0.3) is 79.1 Å². The number of rotatable bonds is 3. The van der Waals surface area contributed by atoms with Gasteiger partial charge in [0.2, 0.25) is 0 Å². The van der Waals surface area contributed by atoms with E-state index in [1.165, 1.54) is 38.9 Å². The minimum atomic E-state index is -0.618. The summed E-state index contributed by atoms with van der Waals surface area (Å²) >= 11 is 0. The molecule has 1 atom stereocenters. The van der Waals surface area contributed by atoms with Crippen molar-refractivity contribution >= 4 is 34.1 Å². The third kappa shape index (κ3) is 4.06. The molecule has 0 fully saturated rings. The third-order valence-corrected chi connectivity index (χ3v) is 10.8. The van der Waals surface area contributed by atoms with E-state index in [1.807, 2.05) is 42.6 Å². The Morgan fingerprint density at radius 3 is 2.08 bits per heavy atom. The molecule has 2 aliphatic rings. The monoisotopic (exact) mass is 663 g/mol. The van der Waals surface area contributed by atoms with Crippen LogP contribution in [0, 0.1) is 0 Å². The molecule has 4 nitrogen and oxygen atoms in total. The fourth-order valence-corrected chi connectivity index (χ4v) is 8.63. The van der Waals surface area contributed by atoms with Crippen molar-refractivity contribution in [1.82, 2.24) is 15.0 Å². The van der Waals surface area contributed by atoms with Crippen LogP contribution in [0.1, 0.15) is 33.4 Å². The first kappa shape index (κ1) is 28.9. The molecule has 9 aromatic rings. The van der Waals surface area contributed by atoms with Crippen LogP contribution in [0.3, 0.4) is 0 Å². The lowest BCUT2D eigenvalue weighted by atomic mass is 9.65. The number of nitrogens with zero attached hydrogens (tertiary/aromatic N) is 3. The first-order chi connectivity index (χ1) is 25.8. The molecule has 1 unspecified atom stereocenters. The fraction of sp³-hybridized carbons (Fsp3) is 0.0208. The number of furan rings is 1. The molecule has 0 radical (unpaired) electrons.